The lowest BCUT2D eigenvalue weighted by molar-refractivity contribution is 0.601. The van der Waals surface area contributed by atoms with Crippen molar-refractivity contribution in [1.82, 2.24) is 9.59 Å². The Balaban J connectivity index is 2.29. The third kappa shape index (κ3) is 2.68. The standard InChI is InChI=1S/C8H6IN3O2S2/c9-6-1-3-7(4-2-6)16(13,14)11-8-5-15-12-10-8/h1-5,11H. The van der Waals surface area contributed by atoms with E-state index < -0.39 is 10.0 Å². The molecule has 0 amide bonds. The summed E-state index contributed by atoms with van der Waals surface area (Å²) in [6.07, 6.45) is 0. The number of anilines is 1. The first-order valence-electron chi connectivity index (χ1n) is 4.13. The van der Waals surface area contributed by atoms with Crippen LogP contribution in [0.3, 0.4) is 0 Å². The average Bonchev–Trinajstić information content (AvgIpc) is 2.70. The largest absolute Gasteiger partial charge is 0.263 e. The maximum absolute atomic E-state index is 11.8. The van der Waals surface area contributed by atoms with E-state index in [-0.39, 0.29) is 10.7 Å². The van der Waals surface area contributed by atoms with Crippen molar-refractivity contribution in [2.45, 2.75) is 4.90 Å². The van der Waals surface area contributed by atoms with Gasteiger partial charge in [-0.15, -0.1) is 5.10 Å². The second-order valence-electron chi connectivity index (χ2n) is 2.85. The zero-order valence-electron chi connectivity index (χ0n) is 7.79. The Morgan fingerprint density at radius 1 is 1.25 bits per heavy atom. The van der Waals surface area contributed by atoms with E-state index in [0.717, 1.165) is 15.1 Å². The second kappa shape index (κ2) is 4.63. The van der Waals surface area contributed by atoms with Crippen LogP contribution in [0.25, 0.3) is 0 Å². The van der Waals surface area contributed by atoms with Gasteiger partial charge in [0.2, 0.25) is 0 Å². The van der Waals surface area contributed by atoms with Gasteiger partial charge in [-0.3, -0.25) is 4.72 Å². The molecule has 0 radical (unpaired) electrons. The molecule has 1 aromatic carbocycles. The lowest BCUT2D eigenvalue weighted by Crippen LogP contribution is -2.13. The van der Waals surface area contributed by atoms with Crippen molar-refractivity contribution in [1.29, 1.82) is 0 Å². The highest BCUT2D eigenvalue weighted by molar-refractivity contribution is 14.1. The number of aromatic nitrogens is 2. The van der Waals surface area contributed by atoms with Gasteiger partial charge in [0.1, 0.15) is 0 Å². The Morgan fingerprint density at radius 3 is 2.50 bits per heavy atom. The fraction of sp³-hybridized carbons (Fsp3) is 0. The topological polar surface area (TPSA) is 72.0 Å². The van der Waals surface area contributed by atoms with Crippen LogP contribution in [0, 0.1) is 3.57 Å². The molecular formula is C8H6IN3O2S2. The Kier molecular flexibility index (Phi) is 3.40. The number of hydrogen-bond donors (Lipinski definition) is 1. The predicted molar refractivity (Wildman–Crippen MR) is 69.9 cm³/mol. The summed E-state index contributed by atoms with van der Waals surface area (Å²) in [4.78, 5) is 0.209. The monoisotopic (exact) mass is 367 g/mol. The van der Waals surface area contributed by atoms with Crippen LogP contribution in [-0.2, 0) is 10.0 Å². The average molecular weight is 367 g/mol. The summed E-state index contributed by atoms with van der Waals surface area (Å²) in [6, 6.07) is 6.55. The van der Waals surface area contributed by atoms with Crippen molar-refractivity contribution in [3.63, 3.8) is 0 Å². The maximum atomic E-state index is 11.8. The zero-order valence-corrected chi connectivity index (χ0v) is 11.6. The van der Waals surface area contributed by atoms with Gasteiger partial charge in [-0.2, -0.15) is 0 Å². The van der Waals surface area contributed by atoms with Gasteiger partial charge in [0.25, 0.3) is 10.0 Å². The van der Waals surface area contributed by atoms with Crippen LogP contribution in [-0.4, -0.2) is 18.0 Å². The Hall–Kier alpha value is -0.740. The van der Waals surface area contributed by atoms with Gasteiger partial charge in [0, 0.05) is 3.57 Å². The van der Waals surface area contributed by atoms with Crippen LogP contribution in [0.2, 0.25) is 0 Å². The van der Waals surface area contributed by atoms with Crippen LogP contribution >= 0.6 is 34.1 Å². The van der Waals surface area contributed by atoms with Crippen molar-refractivity contribution < 1.29 is 8.42 Å². The van der Waals surface area contributed by atoms with Crippen LogP contribution in [0.5, 0.6) is 0 Å². The molecule has 2 aromatic rings. The first-order chi connectivity index (χ1) is 7.58. The third-order valence-electron chi connectivity index (χ3n) is 1.72. The number of nitrogens with zero attached hydrogens (tertiary/aromatic N) is 2. The molecule has 0 fully saturated rings. The van der Waals surface area contributed by atoms with Crippen molar-refractivity contribution in [3.05, 3.63) is 33.2 Å². The van der Waals surface area contributed by atoms with Gasteiger partial charge < -0.3 is 0 Å². The van der Waals surface area contributed by atoms with E-state index in [0.29, 0.717) is 0 Å². The molecule has 0 atom stereocenters. The molecule has 0 saturated carbocycles. The smallest absolute Gasteiger partial charge is 0.261 e. The summed E-state index contributed by atoms with van der Waals surface area (Å²) in [5.41, 5.74) is 0. The molecule has 0 bridgehead atoms. The van der Waals surface area contributed by atoms with E-state index in [1.54, 1.807) is 24.3 Å². The molecule has 0 aliphatic carbocycles. The normalized spacial score (nSPS) is 11.3. The summed E-state index contributed by atoms with van der Waals surface area (Å²) >= 11 is 3.20. The van der Waals surface area contributed by atoms with Crippen LogP contribution in [0.4, 0.5) is 5.82 Å². The minimum atomic E-state index is -3.55. The van der Waals surface area contributed by atoms with E-state index in [2.05, 4.69) is 36.9 Å². The molecule has 0 aliphatic rings. The Labute approximate surface area is 110 Å². The fourth-order valence-corrected chi connectivity index (χ4v) is 2.83. The van der Waals surface area contributed by atoms with Crippen LogP contribution < -0.4 is 4.72 Å². The summed E-state index contributed by atoms with van der Waals surface area (Å²) in [7, 11) is -3.55. The van der Waals surface area contributed by atoms with Crippen LogP contribution in [0.1, 0.15) is 0 Å². The first kappa shape index (κ1) is 11.7. The molecule has 0 saturated heterocycles. The molecule has 16 heavy (non-hydrogen) atoms. The first-order valence-corrected chi connectivity index (χ1v) is 7.53. The molecule has 0 unspecified atom stereocenters. The maximum Gasteiger partial charge on any atom is 0.263 e. The van der Waals surface area contributed by atoms with E-state index in [1.165, 1.54) is 5.38 Å². The second-order valence-corrected chi connectivity index (χ2v) is 6.39. The number of hydrogen-bond acceptors (Lipinski definition) is 5. The quantitative estimate of drug-likeness (QED) is 0.842. The van der Waals surface area contributed by atoms with Crippen LogP contribution in [0.15, 0.2) is 34.5 Å². The van der Waals surface area contributed by atoms with E-state index >= 15 is 0 Å². The van der Waals surface area contributed by atoms with Gasteiger partial charge in [-0.05, 0) is 58.4 Å². The highest BCUT2D eigenvalue weighted by Gasteiger charge is 2.14. The number of nitrogens with one attached hydrogen (secondary N) is 1. The summed E-state index contributed by atoms with van der Waals surface area (Å²) < 4.78 is 30.6. The molecule has 5 nitrogen and oxygen atoms in total. The zero-order chi connectivity index (χ0) is 11.6. The van der Waals surface area contributed by atoms with Gasteiger partial charge in [-0.1, -0.05) is 4.49 Å². The molecule has 2 rings (SSSR count). The highest BCUT2D eigenvalue weighted by atomic mass is 127. The summed E-state index contributed by atoms with van der Waals surface area (Å²) in [5, 5.41) is 5.15. The van der Waals surface area contributed by atoms with Gasteiger partial charge >= 0.3 is 0 Å². The Morgan fingerprint density at radius 2 is 1.94 bits per heavy atom. The summed E-state index contributed by atoms with van der Waals surface area (Å²) in [5.74, 6) is 0.239. The van der Waals surface area contributed by atoms with Crippen molar-refractivity contribution >= 4 is 50.0 Å². The van der Waals surface area contributed by atoms with Crippen molar-refractivity contribution in [2.24, 2.45) is 0 Å². The van der Waals surface area contributed by atoms with Gasteiger partial charge in [0.15, 0.2) is 5.82 Å². The van der Waals surface area contributed by atoms with E-state index in [4.69, 9.17) is 0 Å². The van der Waals surface area contributed by atoms with Gasteiger partial charge in [0.05, 0.1) is 10.3 Å². The molecule has 1 aromatic heterocycles. The number of benzene rings is 1. The minimum Gasteiger partial charge on any atom is -0.261 e. The predicted octanol–water partition coefficient (Wildman–Crippen LogP) is 1.94. The lowest BCUT2D eigenvalue weighted by Gasteiger charge is -2.04. The van der Waals surface area contributed by atoms with Crippen molar-refractivity contribution in [3.8, 4) is 0 Å². The number of rotatable bonds is 3. The number of sulfonamides is 1. The molecule has 8 heteroatoms. The molecule has 84 valence electrons. The highest BCUT2D eigenvalue weighted by Crippen LogP contribution is 2.16. The third-order valence-corrected chi connectivity index (χ3v) is 4.32. The minimum absolute atomic E-state index is 0.209. The fourth-order valence-electron chi connectivity index (χ4n) is 1.02. The Bertz CT molecular complexity index is 566. The molecule has 0 spiro atoms. The van der Waals surface area contributed by atoms with E-state index in [1.807, 2.05) is 0 Å². The van der Waals surface area contributed by atoms with Crippen molar-refractivity contribution in [2.75, 3.05) is 4.72 Å². The molecular weight excluding hydrogens is 361 g/mol. The van der Waals surface area contributed by atoms with Gasteiger partial charge in [-0.25, -0.2) is 8.42 Å². The SMILES string of the molecule is O=S(=O)(Nc1csnn1)c1ccc(I)cc1. The molecule has 1 N–H and O–H groups in total. The van der Waals surface area contributed by atoms with E-state index in [9.17, 15) is 8.42 Å². The number of halogens is 1. The molecule has 1 heterocycles. The molecule has 0 aliphatic heterocycles. The summed E-state index contributed by atoms with van der Waals surface area (Å²) in [6.45, 7) is 0. The lowest BCUT2D eigenvalue weighted by atomic mass is 10.4.